The van der Waals surface area contributed by atoms with Gasteiger partial charge >= 0.3 is 0 Å². The summed E-state index contributed by atoms with van der Waals surface area (Å²) in [5, 5.41) is 9.70. The average molecular weight is 297 g/mol. The van der Waals surface area contributed by atoms with Gasteiger partial charge in [-0.1, -0.05) is 12.1 Å². The molecule has 0 spiro atoms. The fourth-order valence-electron chi connectivity index (χ4n) is 2.22. The third-order valence-corrected chi connectivity index (χ3v) is 3.55. The van der Waals surface area contributed by atoms with Crippen molar-refractivity contribution in [1.29, 1.82) is 0 Å². The Labute approximate surface area is 122 Å². The van der Waals surface area contributed by atoms with Crippen LogP contribution < -0.4 is 0 Å². The van der Waals surface area contributed by atoms with Gasteiger partial charge in [-0.25, -0.2) is 0 Å². The zero-order valence-corrected chi connectivity index (χ0v) is 11.8. The van der Waals surface area contributed by atoms with Crippen LogP contribution in [0.25, 0.3) is 0 Å². The first-order valence-corrected chi connectivity index (χ1v) is 7.08. The maximum Gasteiger partial charge on any atom is 0.257 e. The molecule has 108 valence electrons. The summed E-state index contributed by atoms with van der Waals surface area (Å²) >= 11 is 5.55. The Kier molecular flexibility index (Phi) is 4.84. The van der Waals surface area contributed by atoms with Crippen LogP contribution >= 0.6 is 11.6 Å². The first kappa shape index (κ1) is 14.7. The molecule has 20 heavy (non-hydrogen) atoms. The van der Waals surface area contributed by atoms with Crippen LogP contribution in [0.5, 0.6) is 5.75 Å². The van der Waals surface area contributed by atoms with Crippen molar-refractivity contribution in [2.24, 2.45) is 0 Å². The van der Waals surface area contributed by atoms with Crippen molar-refractivity contribution in [2.45, 2.75) is 6.42 Å². The van der Waals surface area contributed by atoms with E-state index in [1.807, 2.05) is 0 Å². The molecule has 2 amide bonds. The van der Waals surface area contributed by atoms with Crippen molar-refractivity contribution < 1.29 is 14.7 Å². The fourth-order valence-corrected chi connectivity index (χ4v) is 2.38. The summed E-state index contributed by atoms with van der Waals surface area (Å²) in [6.45, 7) is 1.96. The van der Waals surface area contributed by atoms with Crippen LogP contribution in [-0.2, 0) is 4.79 Å². The number of hydrogen-bond acceptors (Lipinski definition) is 3. The zero-order chi connectivity index (χ0) is 14.5. The van der Waals surface area contributed by atoms with Gasteiger partial charge in [-0.05, 0) is 12.1 Å². The number of hydrogen-bond donors (Lipinski definition) is 1. The third-order valence-electron chi connectivity index (χ3n) is 3.36. The molecule has 0 atom stereocenters. The predicted octanol–water partition coefficient (Wildman–Crippen LogP) is 1.31. The Morgan fingerprint density at radius 1 is 1.10 bits per heavy atom. The number of nitrogens with zero attached hydrogens (tertiary/aromatic N) is 2. The summed E-state index contributed by atoms with van der Waals surface area (Å²) in [5.74, 6) is 0.121. The summed E-state index contributed by atoms with van der Waals surface area (Å²) in [6, 6.07) is 6.48. The molecule has 1 aliphatic rings. The monoisotopic (exact) mass is 296 g/mol. The van der Waals surface area contributed by atoms with Crippen molar-refractivity contribution >= 4 is 23.4 Å². The van der Waals surface area contributed by atoms with Gasteiger partial charge in [0.1, 0.15) is 5.75 Å². The van der Waals surface area contributed by atoms with E-state index < -0.39 is 0 Å². The molecule has 1 fully saturated rings. The molecule has 2 rings (SSSR count). The first-order valence-electron chi connectivity index (χ1n) is 6.54. The maximum absolute atomic E-state index is 12.3. The molecule has 1 aliphatic heterocycles. The topological polar surface area (TPSA) is 60.9 Å². The summed E-state index contributed by atoms with van der Waals surface area (Å²) in [6.07, 6.45) is 0.328. The number of benzene rings is 1. The number of phenols is 1. The maximum atomic E-state index is 12.3. The van der Waals surface area contributed by atoms with Gasteiger partial charge in [-0.15, -0.1) is 11.6 Å². The van der Waals surface area contributed by atoms with Crippen molar-refractivity contribution in [1.82, 2.24) is 9.80 Å². The molecular weight excluding hydrogens is 280 g/mol. The lowest BCUT2D eigenvalue weighted by Gasteiger charge is -2.34. The molecule has 1 aromatic carbocycles. The Morgan fingerprint density at radius 2 is 1.70 bits per heavy atom. The van der Waals surface area contributed by atoms with E-state index in [0.717, 1.165) is 0 Å². The number of carbonyl (C=O) groups excluding carboxylic acids is 2. The molecule has 1 heterocycles. The highest BCUT2D eigenvalue weighted by atomic mass is 35.5. The smallest absolute Gasteiger partial charge is 0.257 e. The first-order chi connectivity index (χ1) is 9.63. The Hall–Kier alpha value is -1.75. The van der Waals surface area contributed by atoms with E-state index in [0.29, 0.717) is 44.0 Å². The number of rotatable bonds is 3. The van der Waals surface area contributed by atoms with E-state index in [4.69, 9.17) is 11.6 Å². The minimum atomic E-state index is -0.201. The van der Waals surface area contributed by atoms with E-state index in [9.17, 15) is 14.7 Å². The van der Waals surface area contributed by atoms with Gasteiger partial charge < -0.3 is 14.9 Å². The Bertz CT molecular complexity index is 499. The molecule has 1 N–H and O–H groups in total. The molecule has 0 aliphatic carbocycles. The number of alkyl halides is 1. The van der Waals surface area contributed by atoms with E-state index in [-0.39, 0.29) is 17.6 Å². The van der Waals surface area contributed by atoms with Gasteiger partial charge in [0.05, 0.1) is 5.56 Å². The van der Waals surface area contributed by atoms with Crippen LogP contribution in [0.4, 0.5) is 0 Å². The van der Waals surface area contributed by atoms with Crippen LogP contribution in [0.3, 0.4) is 0 Å². The minimum absolute atomic E-state index is 0.0156. The second-order valence-electron chi connectivity index (χ2n) is 4.63. The summed E-state index contributed by atoms with van der Waals surface area (Å²) in [5.41, 5.74) is 0.299. The lowest BCUT2D eigenvalue weighted by Crippen LogP contribution is -2.50. The molecule has 1 saturated heterocycles. The van der Waals surface area contributed by atoms with E-state index in [1.54, 1.807) is 28.0 Å². The molecule has 5 nitrogen and oxygen atoms in total. The summed E-state index contributed by atoms with van der Waals surface area (Å²) < 4.78 is 0. The number of carbonyl (C=O) groups is 2. The SMILES string of the molecule is O=C(CCCl)N1CCN(C(=O)c2ccccc2O)CC1. The standard InChI is InChI=1S/C14H17ClN2O3/c15-6-5-13(19)16-7-9-17(10-8-16)14(20)11-3-1-2-4-12(11)18/h1-4,18H,5-10H2. The zero-order valence-electron chi connectivity index (χ0n) is 11.1. The van der Waals surface area contributed by atoms with Gasteiger partial charge in [0, 0.05) is 38.5 Å². The second kappa shape index (κ2) is 6.61. The molecule has 0 aromatic heterocycles. The quantitative estimate of drug-likeness (QED) is 0.856. The summed E-state index contributed by atoms with van der Waals surface area (Å²) in [7, 11) is 0. The normalized spacial score (nSPS) is 15.2. The van der Waals surface area contributed by atoms with E-state index in [1.165, 1.54) is 6.07 Å². The van der Waals surface area contributed by atoms with Crippen LogP contribution in [-0.4, -0.2) is 58.8 Å². The van der Waals surface area contributed by atoms with E-state index in [2.05, 4.69) is 0 Å². The van der Waals surface area contributed by atoms with Crippen molar-refractivity contribution in [2.75, 3.05) is 32.1 Å². The molecule has 0 unspecified atom stereocenters. The second-order valence-corrected chi connectivity index (χ2v) is 5.01. The van der Waals surface area contributed by atoms with Gasteiger partial charge in [0.2, 0.25) is 5.91 Å². The Balaban J connectivity index is 1.96. The van der Waals surface area contributed by atoms with E-state index >= 15 is 0 Å². The number of phenolic OH excluding ortho intramolecular Hbond substituents is 1. The lowest BCUT2D eigenvalue weighted by atomic mass is 10.1. The van der Waals surface area contributed by atoms with Crippen LogP contribution in [0, 0.1) is 0 Å². The molecule has 6 heteroatoms. The highest BCUT2D eigenvalue weighted by molar-refractivity contribution is 6.18. The van der Waals surface area contributed by atoms with Gasteiger partial charge in [-0.3, -0.25) is 9.59 Å². The number of halogens is 1. The predicted molar refractivity (Wildman–Crippen MR) is 75.9 cm³/mol. The number of para-hydroxylation sites is 1. The number of piperazine rings is 1. The summed E-state index contributed by atoms with van der Waals surface area (Å²) in [4.78, 5) is 27.3. The molecule has 0 bridgehead atoms. The molecule has 0 saturated carbocycles. The number of amides is 2. The molecule has 1 aromatic rings. The van der Waals surface area contributed by atoms with Crippen molar-refractivity contribution in [3.63, 3.8) is 0 Å². The fraction of sp³-hybridized carbons (Fsp3) is 0.429. The highest BCUT2D eigenvalue weighted by Gasteiger charge is 2.25. The molecule has 0 radical (unpaired) electrons. The van der Waals surface area contributed by atoms with Gasteiger partial charge in [0.15, 0.2) is 0 Å². The number of aromatic hydroxyl groups is 1. The van der Waals surface area contributed by atoms with Crippen molar-refractivity contribution in [3.8, 4) is 5.75 Å². The van der Waals surface area contributed by atoms with Crippen LogP contribution in [0.2, 0.25) is 0 Å². The van der Waals surface area contributed by atoms with Crippen molar-refractivity contribution in [3.05, 3.63) is 29.8 Å². The minimum Gasteiger partial charge on any atom is -0.507 e. The van der Waals surface area contributed by atoms with Gasteiger partial charge in [-0.2, -0.15) is 0 Å². The average Bonchev–Trinajstić information content (AvgIpc) is 2.47. The Morgan fingerprint density at radius 3 is 2.30 bits per heavy atom. The highest BCUT2D eigenvalue weighted by Crippen LogP contribution is 2.18. The van der Waals surface area contributed by atoms with Crippen LogP contribution in [0.15, 0.2) is 24.3 Å². The molecular formula is C14H17ClN2O3. The third kappa shape index (κ3) is 3.22. The van der Waals surface area contributed by atoms with Gasteiger partial charge in [0.25, 0.3) is 5.91 Å². The lowest BCUT2D eigenvalue weighted by molar-refractivity contribution is -0.132. The largest absolute Gasteiger partial charge is 0.507 e. The van der Waals surface area contributed by atoms with Crippen LogP contribution in [0.1, 0.15) is 16.8 Å².